The van der Waals surface area contributed by atoms with Crippen LogP contribution in [0.15, 0.2) is 42.7 Å². The Kier molecular flexibility index (Phi) is 5.31. The highest BCUT2D eigenvalue weighted by molar-refractivity contribution is 7.17. The van der Waals surface area contributed by atoms with Crippen LogP contribution in [0.2, 0.25) is 0 Å². The first-order valence-corrected chi connectivity index (χ1v) is 9.90. The number of carbonyl (C=O) groups excluding carboxylic acids is 1. The van der Waals surface area contributed by atoms with Gasteiger partial charge in [0, 0.05) is 37.6 Å². The summed E-state index contributed by atoms with van der Waals surface area (Å²) in [4.78, 5) is 29.0. The molecule has 1 atom stereocenters. The van der Waals surface area contributed by atoms with Gasteiger partial charge in [0.1, 0.15) is 10.6 Å². The maximum Gasteiger partial charge on any atom is 0.266 e. The zero-order chi connectivity index (χ0) is 19.5. The lowest BCUT2D eigenvalue weighted by atomic mass is 10.0. The van der Waals surface area contributed by atoms with Gasteiger partial charge in [-0.05, 0) is 19.1 Å². The third kappa shape index (κ3) is 3.48. The number of aryl methyl sites for hydroxylation is 1. The van der Waals surface area contributed by atoms with Crippen LogP contribution in [0.4, 0.5) is 0 Å². The second-order valence-corrected chi connectivity index (χ2v) is 7.47. The number of ether oxygens (including phenoxy) is 1. The van der Waals surface area contributed by atoms with E-state index >= 15 is 0 Å². The number of benzene rings is 1. The first kappa shape index (κ1) is 18.5. The summed E-state index contributed by atoms with van der Waals surface area (Å²) < 4.78 is 5.53. The number of amides is 1. The number of hydrogen-bond donors (Lipinski definition) is 1. The number of hydrogen-bond acceptors (Lipinski definition) is 7. The minimum absolute atomic E-state index is 0.0189. The minimum atomic E-state index is -0.102. The topological polar surface area (TPSA) is 80.2 Å². The fourth-order valence-electron chi connectivity index (χ4n) is 3.40. The number of thiazole rings is 1. The number of carbonyl (C=O) groups is 1. The molecule has 1 fully saturated rings. The van der Waals surface area contributed by atoms with E-state index in [-0.39, 0.29) is 11.9 Å². The second kappa shape index (κ2) is 8.04. The van der Waals surface area contributed by atoms with Crippen LogP contribution in [0.1, 0.15) is 27.0 Å². The molecule has 1 aliphatic rings. The summed E-state index contributed by atoms with van der Waals surface area (Å²) in [5.74, 6) is 1.30. The maximum absolute atomic E-state index is 13.4. The number of aromatic nitrogens is 3. The van der Waals surface area contributed by atoms with Crippen LogP contribution in [0.3, 0.4) is 0 Å². The van der Waals surface area contributed by atoms with Gasteiger partial charge in [0.15, 0.2) is 10.8 Å². The molecule has 28 heavy (non-hydrogen) atoms. The molecule has 4 rings (SSSR count). The van der Waals surface area contributed by atoms with Crippen LogP contribution >= 0.6 is 11.3 Å². The fraction of sp³-hybridized carbons (Fsp3) is 0.300. The Morgan fingerprint density at radius 3 is 2.82 bits per heavy atom. The first-order valence-electron chi connectivity index (χ1n) is 9.08. The molecule has 3 aromatic rings. The lowest BCUT2D eigenvalue weighted by molar-refractivity contribution is 0.0635. The summed E-state index contributed by atoms with van der Waals surface area (Å²) in [6, 6.07) is 9.50. The summed E-state index contributed by atoms with van der Waals surface area (Å²) in [5, 5.41) is 4.04. The monoisotopic (exact) mass is 395 g/mol. The van der Waals surface area contributed by atoms with Crippen molar-refractivity contribution in [2.45, 2.75) is 13.0 Å². The largest absolute Gasteiger partial charge is 0.496 e. The van der Waals surface area contributed by atoms with Crippen molar-refractivity contribution in [2.24, 2.45) is 0 Å². The highest BCUT2D eigenvalue weighted by atomic mass is 32.1. The fourth-order valence-corrected chi connectivity index (χ4v) is 4.37. The van der Waals surface area contributed by atoms with Crippen LogP contribution in [0.5, 0.6) is 5.75 Å². The van der Waals surface area contributed by atoms with Gasteiger partial charge in [-0.2, -0.15) is 0 Å². The lowest BCUT2D eigenvalue weighted by Crippen LogP contribution is -2.48. The molecule has 0 spiro atoms. The summed E-state index contributed by atoms with van der Waals surface area (Å²) in [7, 11) is 1.65. The third-order valence-electron chi connectivity index (χ3n) is 4.75. The van der Waals surface area contributed by atoms with E-state index in [1.807, 2.05) is 36.1 Å². The molecule has 0 aliphatic carbocycles. The maximum atomic E-state index is 13.4. The Labute approximate surface area is 167 Å². The van der Waals surface area contributed by atoms with Gasteiger partial charge in [0.25, 0.3) is 5.91 Å². The number of nitrogens with zero attached hydrogens (tertiary/aromatic N) is 4. The SMILES string of the molecule is COc1ccccc1C1CNCCN1C(=O)c1sc(-c2ncccn2)nc1C. The molecule has 1 amide bonds. The van der Waals surface area contributed by atoms with Crippen molar-refractivity contribution in [3.63, 3.8) is 0 Å². The van der Waals surface area contributed by atoms with E-state index in [0.717, 1.165) is 17.9 Å². The van der Waals surface area contributed by atoms with Gasteiger partial charge >= 0.3 is 0 Å². The summed E-state index contributed by atoms with van der Waals surface area (Å²) >= 11 is 1.34. The molecule has 0 saturated carbocycles. The molecule has 1 aromatic carbocycles. The smallest absolute Gasteiger partial charge is 0.266 e. The van der Waals surface area contributed by atoms with Crippen molar-refractivity contribution >= 4 is 17.2 Å². The molecule has 0 radical (unpaired) electrons. The Morgan fingerprint density at radius 2 is 2.04 bits per heavy atom. The van der Waals surface area contributed by atoms with Gasteiger partial charge in [0.2, 0.25) is 0 Å². The zero-order valence-electron chi connectivity index (χ0n) is 15.8. The number of rotatable bonds is 4. The Bertz CT molecular complexity index is 976. The average molecular weight is 395 g/mol. The molecule has 1 saturated heterocycles. The van der Waals surface area contributed by atoms with Gasteiger partial charge < -0.3 is 15.0 Å². The van der Waals surface area contributed by atoms with E-state index in [1.165, 1.54) is 11.3 Å². The summed E-state index contributed by atoms with van der Waals surface area (Å²) in [6.45, 7) is 3.91. The van der Waals surface area contributed by atoms with Crippen LogP contribution in [0.25, 0.3) is 10.8 Å². The quantitative estimate of drug-likeness (QED) is 0.732. The normalized spacial score (nSPS) is 16.8. The predicted octanol–water partition coefficient (Wildman–Crippen LogP) is 2.70. The molecule has 1 unspecified atom stereocenters. The average Bonchev–Trinajstić information content (AvgIpc) is 3.15. The first-order chi connectivity index (χ1) is 13.7. The Morgan fingerprint density at radius 1 is 1.25 bits per heavy atom. The predicted molar refractivity (Wildman–Crippen MR) is 108 cm³/mol. The standard InChI is InChI=1S/C20H21N5O2S/c1-13-17(28-19(24-13)18-22-8-5-9-23-18)20(26)25-11-10-21-12-15(25)14-6-3-4-7-16(14)27-2/h3-9,15,21H,10-12H2,1-2H3. The summed E-state index contributed by atoms with van der Waals surface area (Å²) in [5.41, 5.74) is 1.70. The molecule has 1 aliphatic heterocycles. The Balaban J connectivity index is 1.67. The number of methoxy groups -OCH3 is 1. The van der Waals surface area contributed by atoms with E-state index in [2.05, 4.69) is 20.3 Å². The molecular weight excluding hydrogens is 374 g/mol. The third-order valence-corrected chi connectivity index (χ3v) is 5.89. The van der Waals surface area contributed by atoms with E-state index in [0.29, 0.717) is 34.5 Å². The van der Waals surface area contributed by atoms with Crippen LogP contribution in [-0.2, 0) is 0 Å². The van der Waals surface area contributed by atoms with Gasteiger partial charge in [-0.25, -0.2) is 15.0 Å². The highest BCUT2D eigenvalue weighted by Gasteiger charge is 2.32. The van der Waals surface area contributed by atoms with Crippen molar-refractivity contribution in [3.8, 4) is 16.6 Å². The molecule has 2 aromatic heterocycles. The van der Waals surface area contributed by atoms with Crippen LogP contribution < -0.4 is 10.1 Å². The summed E-state index contributed by atoms with van der Waals surface area (Å²) in [6.07, 6.45) is 3.35. The molecule has 3 heterocycles. The van der Waals surface area contributed by atoms with Crippen molar-refractivity contribution in [2.75, 3.05) is 26.7 Å². The van der Waals surface area contributed by atoms with Gasteiger partial charge in [-0.1, -0.05) is 18.2 Å². The van der Waals surface area contributed by atoms with Gasteiger partial charge in [-0.3, -0.25) is 4.79 Å². The number of nitrogens with one attached hydrogen (secondary N) is 1. The van der Waals surface area contributed by atoms with Crippen LogP contribution in [0, 0.1) is 6.92 Å². The van der Waals surface area contributed by atoms with Crippen molar-refractivity contribution < 1.29 is 9.53 Å². The van der Waals surface area contributed by atoms with Crippen molar-refractivity contribution in [3.05, 3.63) is 58.9 Å². The van der Waals surface area contributed by atoms with Crippen LogP contribution in [-0.4, -0.2) is 52.5 Å². The second-order valence-electron chi connectivity index (χ2n) is 6.47. The number of piperazine rings is 1. The molecular formula is C20H21N5O2S. The van der Waals surface area contributed by atoms with Crippen molar-refractivity contribution in [1.29, 1.82) is 0 Å². The number of para-hydroxylation sites is 1. The van der Waals surface area contributed by atoms with Crippen molar-refractivity contribution in [1.82, 2.24) is 25.2 Å². The molecule has 1 N–H and O–H groups in total. The molecule has 7 nitrogen and oxygen atoms in total. The van der Waals surface area contributed by atoms with Gasteiger partial charge in [0.05, 0.1) is 18.8 Å². The molecule has 8 heteroatoms. The highest BCUT2D eigenvalue weighted by Crippen LogP contribution is 2.33. The van der Waals surface area contributed by atoms with E-state index < -0.39 is 0 Å². The Hall–Kier alpha value is -2.84. The van der Waals surface area contributed by atoms with E-state index in [1.54, 1.807) is 25.6 Å². The minimum Gasteiger partial charge on any atom is -0.496 e. The van der Waals surface area contributed by atoms with E-state index in [9.17, 15) is 4.79 Å². The van der Waals surface area contributed by atoms with E-state index in [4.69, 9.17) is 4.74 Å². The lowest BCUT2D eigenvalue weighted by Gasteiger charge is -2.37. The molecule has 0 bridgehead atoms. The van der Waals surface area contributed by atoms with Gasteiger partial charge in [-0.15, -0.1) is 11.3 Å². The zero-order valence-corrected chi connectivity index (χ0v) is 16.6. The molecule has 144 valence electrons.